The summed E-state index contributed by atoms with van der Waals surface area (Å²) in [6, 6.07) is -0.0152. The fourth-order valence-corrected chi connectivity index (χ4v) is 1.64. The van der Waals surface area contributed by atoms with E-state index in [-0.39, 0.29) is 6.03 Å². The average Bonchev–Trinajstić information content (AvgIpc) is 2.38. The molecule has 2 amide bonds. The first-order valence-electron chi connectivity index (χ1n) is 6.42. The molecule has 1 aliphatic rings. The van der Waals surface area contributed by atoms with Gasteiger partial charge in [-0.15, -0.1) is 0 Å². The second-order valence-corrected chi connectivity index (χ2v) is 4.28. The number of amides is 2. The van der Waals surface area contributed by atoms with E-state index in [0.717, 1.165) is 39.0 Å². The van der Waals surface area contributed by atoms with Crippen LogP contribution in [0.2, 0.25) is 0 Å². The Morgan fingerprint density at radius 2 is 2.18 bits per heavy atom. The lowest BCUT2D eigenvalue weighted by atomic mass is 10.1. The molecular formula is C12H24N2O3. The van der Waals surface area contributed by atoms with Gasteiger partial charge in [-0.25, -0.2) is 4.79 Å². The van der Waals surface area contributed by atoms with Crippen molar-refractivity contribution in [1.82, 2.24) is 10.2 Å². The maximum absolute atomic E-state index is 11.4. The molecule has 0 atom stereocenters. The molecule has 0 spiro atoms. The molecule has 1 rings (SSSR count). The van der Waals surface area contributed by atoms with Crippen LogP contribution in [0.3, 0.4) is 0 Å². The highest BCUT2D eigenvalue weighted by Gasteiger charge is 2.13. The van der Waals surface area contributed by atoms with Gasteiger partial charge in [-0.3, -0.25) is 0 Å². The molecule has 0 radical (unpaired) electrons. The molecule has 5 heteroatoms. The van der Waals surface area contributed by atoms with Gasteiger partial charge in [-0.05, 0) is 26.2 Å². The maximum atomic E-state index is 11.4. The molecule has 1 heterocycles. The number of carbonyl (C=O) groups excluding carboxylic acids is 1. The van der Waals surface area contributed by atoms with Crippen molar-refractivity contribution >= 4 is 6.03 Å². The number of urea groups is 1. The van der Waals surface area contributed by atoms with Gasteiger partial charge < -0.3 is 19.7 Å². The third-order valence-electron chi connectivity index (χ3n) is 2.94. The highest BCUT2D eigenvalue weighted by Crippen LogP contribution is 2.10. The van der Waals surface area contributed by atoms with Crippen LogP contribution in [0.1, 0.15) is 26.2 Å². The molecule has 1 aliphatic heterocycles. The van der Waals surface area contributed by atoms with Gasteiger partial charge in [-0.2, -0.15) is 0 Å². The number of rotatable bonds is 6. The maximum Gasteiger partial charge on any atom is 0.317 e. The Bertz CT molecular complexity index is 218. The van der Waals surface area contributed by atoms with Crippen molar-refractivity contribution in [1.29, 1.82) is 0 Å². The molecule has 0 aromatic heterocycles. The van der Waals surface area contributed by atoms with Gasteiger partial charge in [0.2, 0.25) is 0 Å². The molecule has 0 bridgehead atoms. The van der Waals surface area contributed by atoms with Gasteiger partial charge in [0.25, 0.3) is 0 Å². The molecule has 1 N–H and O–H groups in total. The average molecular weight is 244 g/mol. The lowest BCUT2D eigenvalue weighted by molar-refractivity contribution is -0.0320. The summed E-state index contributed by atoms with van der Waals surface area (Å²) in [5.74, 6) is 0. The van der Waals surface area contributed by atoms with E-state index in [1.165, 1.54) is 0 Å². The molecule has 1 fully saturated rings. The molecule has 5 nitrogen and oxygen atoms in total. The zero-order chi connectivity index (χ0) is 12.5. The number of hydrogen-bond donors (Lipinski definition) is 1. The summed E-state index contributed by atoms with van der Waals surface area (Å²) in [4.78, 5) is 13.0. The normalized spacial score (nSPS) is 16.8. The summed E-state index contributed by atoms with van der Waals surface area (Å²) < 4.78 is 11.0. The van der Waals surface area contributed by atoms with E-state index in [9.17, 15) is 4.79 Å². The number of nitrogens with one attached hydrogen (secondary N) is 1. The molecule has 0 saturated carbocycles. The first-order valence-corrected chi connectivity index (χ1v) is 6.42. The van der Waals surface area contributed by atoms with Crippen LogP contribution in [0.25, 0.3) is 0 Å². The summed E-state index contributed by atoms with van der Waals surface area (Å²) >= 11 is 0. The first kappa shape index (κ1) is 14.3. The Morgan fingerprint density at radius 3 is 2.82 bits per heavy atom. The number of carbonyl (C=O) groups is 1. The summed E-state index contributed by atoms with van der Waals surface area (Å²) in [6.45, 7) is 5.68. The number of hydrogen-bond acceptors (Lipinski definition) is 3. The van der Waals surface area contributed by atoms with E-state index in [4.69, 9.17) is 9.47 Å². The highest BCUT2D eigenvalue weighted by atomic mass is 16.5. The van der Waals surface area contributed by atoms with E-state index in [2.05, 4.69) is 5.32 Å². The third kappa shape index (κ3) is 5.89. The number of ether oxygens (including phenoxy) is 2. The van der Waals surface area contributed by atoms with Gasteiger partial charge >= 0.3 is 6.03 Å². The van der Waals surface area contributed by atoms with E-state index in [1.54, 1.807) is 11.9 Å². The first-order chi connectivity index (χ1) is 8.24. The van der Waals surface area contributed by atoms with E-state index < -0.39 is 0 Å². The Labute approximate surface area is 103 Å². The molecule has 0 aromatic rings. The second-order valence-electron chi connectivity index (χ2n) is 4.28. The molecule has 100 valence electrons. The zero-order valence-electron chi connectivity index (χ0n) is 10.9. The molecular weight excluding hydrogens is 220 g/mol. The van der Waals surface area contributed by atoms with E-state index in [1.807, 2.05) is 6.92 Å². The molecule has 1 saturated heterocycles. The summed E-state index contributed by atoms with van der Waals surface area (Å²) in [5.41, 5.74) is 0. The smallest absolute Gasteiger partial charge is 0.317 e. The Kier molecular flexibility index (Phi) is 6.96. The predicted molar refractivity (Wildman–Crippen MR) is 66.1 cm³/mol. The van der Waals surface area contributed by atoms with Crippen molar-refractivity contribution < 1.29 is 14.3 Å². The second kappa shape index (κ2) is 8.31. The minimum atomic E-state index is -0.0152. The van der Waals surface area contributed by atoms with Gasteiger partial charge in [0.15, 0.2) is 0 Å². The van der Waals surface area contributed by atoms with Crippen LogP contribution in [-0.4, -0.2) is 57.0 Å². The van der Waals surface area contributed by atoms with Crippen molar-refractivity contribution in [3.05, 3.63) is 0 Å². The van der Waals surface area contributed by atoms with Gasteiger partial charge in [0.1, 0.15) is 0 Å². The zero-order valence-corrected chi connectivity index (χ0v) is 10.9. The predicted octanol–water partition coefficient (Wildman–Crippen LogP) is 1.23. The quantitative estimate of drug-likeness (QED) is 0.715. The Hall–Kier alpha value is -0.810. The van der Waals surface area contributed by atoms with E-state index >= 15 is 0 Å². The molecule has 17 heavy (non-hydrogen) atoms. The third-order valence-corrected chi connectivity index (χ3v) is 2.94. The van der Waals surface area contributed by atoms with Crippen LogP contribution in [0.15, 0.2) is 0 Å². The van der Waals surface area contributed by atoms with Crippen LogP contribution >= 0.6 is 0 Å². The lowest BCUT2D eigenvalue weighted by Gasteiger charge is -2.22. The van der Waals surface area contributed by atoms with Gasteiger partial charge in [0.05, 0.1) is 6.10 Å². The van der Waals surface area contributed by atoms with Crippen molar-refractivity contribution in [2.24, 2.45) is 0 Å². The van der Waals surface area contributed by atoms with Crippen LogP contribution in [0.4, 0.5) is 4.79 Å². The van der Waals surface area contributed by atoms with Crippen molar-refractivity contribution in [2.45, 2.75) is 32.3 Å². The molecule has 0 aliphatic carbocycles. The molecule has 0 unspecified atom stereocenters. The van der Waals surface area contributed by atoms with Crippen molar-refractivity contribution in [2.75, 3.05) is 40.0 Å². The van der Waals surface area contributed by atoms with Crippen molar-refractivity contribution in [3.8, 4) is 0 Å². The minimum absolute atomic E-state index is 0.0152. The Morgan fingerprint density at radius 1 is 1.47 bits per heavy atom. The summed E-state index contributed by atoms with van der Waals surface area (Å²) in [7, 11) is 1.79. The van der Waals surface area contributed by atoms with Crippen LogP contribution in [0, 0.1) is 0 Å². The van der Waals surface area contributed by atoms with Crippen LogP contribution in [-0.2, 0) is 9.47 Å². The fourth-order valence-electron chi connectivity index (χ4n) is 1.64. The number of nitrogens with zero attached hydrogens (tertiary/aromatic N) is 1. The standard InChI is InChI=1S/C12H24N2O3/c1-3-14(2)12(15)13-7-4-8-17-11-5-9-16-10-6-11/h11H,3-10H2,1-2H3,(H,13,15). The minimum Gasteiger partial charge on any atom is -0.381 e. The van der Waals surface area contributed by atoms with Gasteiger partial charge in [0, 0.05) is 40.0 Å². The highest BCUT2D eigenvalue weighted by molar-refractivity contribution is 5.73. The van der Waals surface area contributed by atoms with Gasteiger partial charge in [-0.1, -0.05) is 0 Å². The molecule has 0 aromatic carbocycles. The van der Waals surface area contributed by atoms with E-state index in [0.29, 0.717) is 19.3 Å². The SMILES string of the molecule is CCN(C)C(=O)NCCCOC1CCOCC1. The van der Waals surface area contributed by atoms with Crippen molar-refractivity contribution in [3.63, 3.8) is 0 Å². The largest absolute Gasteiger partial charge is 0.381 e. The lowest BCUT2D eigenvalue weighted by Crippen LogP contribution is -2.37. The van der Waals surface area contributed by atoms with Crippen LogP contribution < -0.4 is 5.32 Å². The summed E-state index contributed by atoms with van der Waals surface area (Å²) in [5, 5.41) is 2.85. The monoisotopic (exact) mass is 244 g/mol. The van der Waals surface area contributed by atoms with Crippen LogP contribution in [0.5, 0.6) is 0 Å². The topological polar surface area (TPSA) is 50.8 Å². The Balaban J connectivity index is 1.95. The fraction of sp³-hybridized carbons (Fsp3) is 0.917. The summed E-state index contributed by atoms with van der Waals surface area (Å²) in [6.07, 6.45) is 3.19.